The van der Waals surface area contributed by atoms with Gasteiger partial charge in [0.2, 0.25) is 0 Å². The van der Waals surface area contributed by atoms with Gasteiger partial charge in [0, 0.05) is 37.9 Å². The lowest BCUT2D eigenvalue weighted by Gasteiger charge is -2.07. The lowest BCUT2D eigenvalue weighted by Crippen LogP contribution is -2.03. The number of aromatic nitrogens is 1. The van der Waals surface area contributed by atoms with Crippen LogP contribution in [0, 0.1) is 0 Å². The van der Waals surface area contributed by atoms with Crippen molar-refractivity contribution >= 4 is 48.4 Å². The first-order valence-electron chi connectivity index (χ1n) is 5.99. The summed E-state index contributed by atoms with van der Waals surface area (Å²) in [5, 5.41) is 1.88. The first kappa shape index (κ1) is 13.5. The quantitative estimate of drug-likeness (QED) is 0.577. The highest BCUT2D eigenvalue weighted by molar-refractivity contribution is 9.11. The van der Waals surface area contributed by atoms with Gasteiger partial charge in [-0.15, -0.1) is 0 Å². The number of hydrogen-bond donors (Lipinski definition) is 0. The minimum atomic E-state index is -0.0111. The zero-order chi connectivity index (χ0) is 14.1. The summed E-state index contributed by atoms with van der Waals surface area (Å²) in [5.41, 5.74) is 1.31. The molecule has 1 aromatic heterocycles. The largest absolute Gasteiger partial charge is 0.289 e. The summed E-state index contributed by atoms with van der Waals surface area (Å²) in [6, 6.07) is 13.2. The third kappa shape index (κ3) is 2.41. The number of pyridine rings is 1. The summed E-state index contributed by atoms with van der Waals surface area (Å²) in [6.45, 7) is 0. The average Bonchev–Trinajstić information content (AvgIpc) is 2.46. The van der Waals surface area contributed by atoms with Gasteiger partial charge in [0.25, 0.3) is 0 Å². The van der Waals surface area contributed by atoms with E-state index in [1.165, 1.54) is 0 Å². The maximum absolute atomic E-state index is 12.7. The van der Waals surface area contributed by atoms with E-state index in [-0.39, 0.29) is 5.78 Å². The van der Waals surface area contributed by atoms with Crippen molar-refractivity contribution in [3.8, 4) is 0 Å². The standard InChI is InChI=1S/C16H9Br2NO/c17-11-4-5-13(15(18)8-11)16(20)12-3-1-2-10-6-7-19-9-14(10)12/h1-9H. The molecule has 0 unspecified atom stereocenters. The minimum Gasteiger partial charge on any atom is -0.289 e. The van der Waals surface area contributed by atoms with Gasteiger partial charge in [0.05, 0.1) is 0 Å². The van der Waals surface area contributed by atoms with Crippen molar-refractivity contribution in [3.63, 3.8) is 0 Å². The molecule has 0 spiro atoms. The molecule has 0 aliphatic carbocycles. The van der Waals surface area contributed by atoms with Crippen molar-refractivity contribution in [3.05, 3.63) is 74.9 Å². The summed E-state index contributed by atoms with van der Waals surface area (Å²) in [6.07, 6.45) is 3.46. The number of benzene rings is 2. The predicted octanol–water partition coefficient (Wildman–Crippen LogP) is 4.99. The van der Waals surface area contributed by atoms with Crippen molar-refractivity contribution in [2.45, 2.75) is 0 Å². The number of ketones is 1. The van der Waals surface area contributed by atoms with Crippen LogP contribution in [-0.4, -0.2) is 10.8 Å². The predicted molar refractivity (Wildman–Crippen MR) is 87.0 cm³/mol. The van der Waals surface area contributed by atoms with Gasteiger partial charge in [-0.25, -0.2) is 0 Å². The lowest BCUT2D eigenvalue weighted by molar-refractivity contribution is 0.103. The Morgan fingerprint density at radius 1 is 1.00 bits per heavy atom. The van der Waals surface area contributed by atoms with E-state index in [4.69, 9.17) is 0 Å². The van der Waals surface area contributed by atoms with Crippen LogP contribution in [-0.2, 0) is 0 Å². The van der Waals surface area contributed by atoms with E-state index in [2.05, 4.69) is 36.8 Å². The molecule has 0 aliphatic heterocycles. The molecule has 4 heteroatoms. The molecule has 0 N–H and O–H groups in total. The van der Waals surface area contributed by atoms with Gasteiger partial charge < -0.3 is 0 Å². The Kier molecular flexibility index (Phi) is 3.68. The maximum Gasteiger partial charge on any atom is 0.194 e. The van der Waals surface area contributed by atoms with E-state index in [0.29, 0.717) is 11.1 Å². The normalized spacial score (nSPS) is 10.7. The molecule has 20 heavy (non-hydrogen) atoms. The third-order valence-corrected chi connectivity index (χ3v) is 4.25. The zero-order valence-corrected chi connectivity index (χ0v) is 13.5. The fourth-order valence-corrected chi connectivity index (χ4v) is 3.36. The summed E-state index contributed by atoms with van der Waals surface area (Å²) in [5.74, 6) is -0.0111. The van der Waals surface area contributed by atoms with Crippen molar-refractivity contribution in [1.82, 2.24) is 4.98 Å². The topological polar surface area (TPSA) is 30.0 Å². The molecule has 0 fully saturated rings. The molecule has 3 aromatic rings. The van der Waals surface area contributed by atoms with Gasteiger partial charge in [-0.05, 0) is 45.6 Å². The Morgan fingerprint density at radius 3 is 2.65 bits per heavy atom. The number of carbonyl (C=O) groups is 1. The van der Waals surface area contributed by atoms with Crippen LogP contribution < -0.4 is 0 Å². The molecule has 0 radical (unpaired) electrons. The van der Waals surface area contributed by atoms with Crippen LogP contribution in [0.25, 0.3) is 10.8 Å². The first-order valence-corrected chi connectivity index (χ1v) is 7.58. The molecule has 2 nitrogen and oxygen atoms in total. The van der Waals surface area contributed by atoms with E-state index in [0.717, 1.165) is 19.7 Å². The maximum atomic E-state index is 12.7. The molecule has 0 atom stereocenters. The van der Waals surface area contributed by atoms with E-state index < -0.39 is 0 Å². The molecule has 1 heterocycles. The number of carbonyl (C=O) groups excluding carboxylic acids is 1. The highest BCUT2D eigenvalue weighted by Gasteiger charge is 2.15. The first-order chi connectivity index (χ1) is 9.66. The molecule has 3 rings (SSSR count). The summed E-state index contributed by atoms with van der Waals surface area (Å²) in [7, 11) is 0. The van der Waals surface area contributed by atoms with Crippen LogP contribution in [0.4, 0.5) is 0 Å². The van der Waals surface area contributed by atoms with E-state index in [9.17, 15) is 4.79 Å². The molecule has 98 valence electrons. The van der Waals surface area contributed by atoms with E-state index in [1.807, 2.05) is 42.5 Å². The highest BCUT2D eigenvalue weighted by Crippen LogP contribution is 2.26. The molecule has 2 aromatic carbocycles. The summed E-state index contributed by atoms with van der Waals surface area (Å²) >= 11 is 6.83. The molecular formula is C16H9Br2NO. The third-order valence-electron chi connectivity index (χ3n) is 3.10. The van der Waals surface area contributed by atoms with Crippen LogP contribution in [0.5, 0.6) is 0 Å². The van der Waals surface area contributed by atoms with Gasteiger partial charge in [0.15, 0.2) is 5.78 Å². The molecule has 0 aliphatic rings. The van der Waals surface area contributed by atoms with E-state index >= 15 is 0 Å². The van der Waals surface area contributed by atoms with Crippen LogP contribution in [0.1, 0.15) is 15.9 Å². The fraction of sp³-hybridized carbons (Fsp3) is 0. The smallest absolute Gasteiger partial charge is 0.194 e. The van der Waals surface area contributed by atoms with Gasteiger partial charge >= 0.3 is 0 Å². The lowest BCUT2D eigenvalue weighted by atomic mass is 9.98. The van der Waals surface area contributed by atoms with Crippen LogP contribution >= 0.6 is 31.9 Å². The van der Waals surface area contributed by atoms with Crippen LogP contribution in [0.2, 0.25) is 0 Å². The van der Waals surface area contributed by atoms with Gasteiger partial charge in [-0.1, -0.05) is 34.1 Å². The zero-order valence-electron chi connectivity index (χ0n) is 10.3. The Hall–Kier alpha value is -1.52. The second-order valence-electron chi connectivity index (χ2n) is 4.36. The number of nitrogens with zero attached hydrogens (tertiary/aromatic N) is 1. The monoisotopic (exact) mass is 389 g/mol. The molecule has 0 saturated heterocycles. The Balaban J connectivity index is 2.18. The SMILES string of the molecule is O=C(c1ccc(Br)cc1Br)c1cccc2ccncc12. The summed E-state index contributed by atoms with van der Waals surface area (Å²) in [4.78, 5) is 16.8. The molecule has 0 amide bonds. The number of rotatable bonds is 2. The summed E-state index contributed by atoms with van der Waals surface area (Å²) < 4.78 is 1.71. The average molecular weight is 391 g/mol. The second kappa shape index (κ2) is 5.46. The van der Waals surface area contributed by atoms with Gasteiger partial charge in [-0.2, -0.15) is 0 Å². The van der Waals surface area contributed by atoms with Crippen molar-refractivity contribution in [2.24, 2.45) is 0 Å². The van der Waals surface area contributed by atoms with Crippen molar-refractivity contribution in [1.29, 1.82) is 0 Å². The number of halogens is 2. The van der Waals surface area contributed by atoms with Crippen LogP contribution in [0.15, 0.2) is 63.8 Å². The Labute approximate surface area is 133 Å². The molecule has 0 saturated carbocycles. The number of hydrogen-bond acceptors (Lipinski definition) is 2. The molecular weight excluding hydrogens is 382 g/mol. The minimum absolute atomic E-state index is 0.0111. The van der Waals surface area contributed by atoms with Crippen molar-refractivity contribution in [2.75, 3.05) is 0 Å². The highest BCUT2D eigenvalue weighted by atomic mass is 79.9. The van der Waals surface area contributed by atoms with Gasteiger partial charge in [0.1, 0.15) is 0 Å². The Bertz CT molecular complexity index is 809. The Morgan fingerprint density at radius 2 is 1.85 bits per heavy atom. The van der Waals surface area contributed by atoms with Gasteiger partial charge in [-0.3, -0.25) is 9.78 Å². The second-order valence-corrected chi connectivity index (χ2v) is 6.13. The van der Waals surface area contributed by atoms with Crippen molar-refractivity contribution < 1.29 is 4.79 Å². The van der Waals surface area contributed by atoms with Crippen LogP contribution in [0.3, 0.4) is 0 Å². The van der Waals surface area contributed by atoms with E-state index in [1.54, 1.807) is 12.4 Å². The number of fused-ring (bicyclic) bond motifs is 1. The fourth-order valence-electron chi connectivity index (χ4n) is 2.13. The molecule has 0 bridgehead atoms.